The van der Waals surface area contributed by atoms with E-state index in [-0.39, 0.29) is 34.7 Å². The van der Waals surface area contributed by atoms with Gasteiger partial charge in [-0.15, -0.1) is 11.3 Å². The third-order valence-electron chi connectivity index (χ3n) is 6.32. The molecule has 0 aliphatic carbocycles. The summed E-state index contributed by atoms with van der Waals surface area (Å²) in [5.74, 6) is -2.98. The fourth-order valence-electron chi connectivity index (χ4n) is 4.27. The number of alkyl carbamates (subject to hydrolysis) is 1. The van der Waals surface area contributed by atoms with Gasteiger partial charge in [0, 0.05) is 39.4 Å². The van der Waals surface area contributed by atoms with Crippen molar-refractivity contribution >= 4 is 41.0 Å². The smallest absolute Gasteiger partial charge is 0.407 e. The zero-order chi connectivity index (χ0) is 32.2. The second-order valence-electron chi connectivity index (χ2n) is 10.7. The number of amides is 2. The second kappa shape index (κ2) is 13.0. The number of carboxylic acids is 1. The highest BCUT2D eigenvalue weighted by molar-refractivity contribution is 7.13. The highest BCUT2D eigenvalue weighted by Crippen LogP contribution is 2.41. The van der Waals surface area contributed by atoms with E-state index in [1.807, 2.05) is 18.4 Å². The molecule has 2 heterocycles. The summed E-state index contributed by atoms with van der Waals surface area (Å²) >= 11 is 1.39. The summed E-state index contributed by atoms with van der Waals surface area (Å²) in [4.78, 5) is 54.7. The first-order valence-electron chi connectivity index (χ1n) is 13.4. The number of benzene rings is 2. The van der Waals surface area contributed by atoms with E-state index in [0.29, 0.717) is 11.3 Å². The first kappa shape index (κ1) is 31.7. The maximum absolute atomic E-state index is 13.8. The molecule has 0 fully saturated rings. The van der Waals surface area contributed by atoms with Gasteiger partial charge in [-0.05, 0) is 86.7 Å². The van der Waals surface area contributed by atoms with Crippen LogP contribution < -0.4 is 10.6 Å². The highest BCUT2D eigenvalue weighted by Gasteiger charge is 2.25. The number of aromatic carboxylic acids is 1. The highest BCUT2D eigenvalue weighted by atomic mass is 32.1. The fourth-order valence-corrected chi connectivity index (χ4v) is 5.22. The summed E-state index contributed by atoms with van der Waals surface area (Å²) in [6.07, 6.45) is -0.552. The van der Waals surface area contributed by atoms with E-state index in [4.69, 9.17) is 9.47 Å². The molecule has 0 aliphatic rings. The van der Waals surface area contributed by atoms with Crippen LogP contribution in [-0.4, -0.2) is 51.8 Å². The van der Waals surface area contributed by atoms with Gasteiger partial charge in [0.2, 0.25) is 0 Å². The molecule has 228 valence electrons. The molecule has 0 saturated carbocycles. The number of phenolic OH excluding ortho intramolecular Hbond substituents is 1. The number of carbonyl (C=O) groups excluding carboxylic acids is 3. The van der Waals surface area contributed by atoms with Crippen molar-refractivity contribution in [3.05, 3.63) is 88.1 Å². The maximum atomic E-state index is 13.8. The van der Waals surface area contributed by atoms with E-state index in [2.05, 4.69) is 15.6 Å². The fraction of sp³-hybridized carbons (Fsp3) is 0.219. The van der Waals surface area contributed by atoms with Gasteiger partial charge in [-0.25, -0.2) is 19.4 Å². The number of aromatic hydroxyl groups is 1. The molecule has 0 spiro atoms. The van der Waals surface area contributed by atoms with Crippen LogP contribution >= 0.6 is 11.3 Å². The lowest BCUT2D eigenvalue weighted by Gasteiger charge is -2.19. The normalized spacial score (nSPS) is 11.0. The van der Waals surface area contributed by atoms with Crippen molar-refractivity contribution in [3.8, 4) is 27.3 Å². The molecule has 4 N–H and O–H groups in total. The van der Waals surface area contributed by atoms with Crippen LogP contribution in [0.2, 0.25) is 0 Å². The van der Waals surface area contributed by atoms with Crippen LogP contribution in [0, 0.1) is 6.92 Å². The van der Waals surface area contributed by atoms with Crippen molar-refractivity contribution in [2.75, 3.05) is 12.4 Å². The Kier molecular flexibility index (Phi) is 9.34. The number of nitrogens with one attached hydrogen (secondary N) is 2. The van der Waals surface area contributed by atoms with E-state index >= 15 is 0 Å². The lowest BCUT2D eigenvalue weighted by Crippen LogP contribution is -2.32. The van der Waals surface area contributed by atoms with E-state index in [0.717, 1.165) is 23.1 Å². The summed E-state index contributed by atoms with van der Waals surface area (Å²) in [5.41, 5.74) is 1.49. The third kappa shape index (κ3) is 7.39. The topological polar surface area (TPSA) is 164 Å². The number of methoxy groups -OCH3 is 1. The molecule has 0 aliphatic heterocycles. The van der Waals surface area contributed by atoms with Gasteiger partial charge >= 0.3 is 18.0 Å². The van der Waals surface area contributed by atoms with Gasteiger partial charge in [-0.2, -0.15) is 0 Å². The number of phenols is 1. The molecule has 44 heavy (non-hydrogen) atoms. The van der Waals surface area contributed by atoms with Crippen LogP contribution in [0.3, 0.4) is 0 Å². The Morgan fingerprint density at radius 3 is 2.25 bits per heavy atom. The molecule has 0 unspecified atom stereocenters. The molecule has 0 radical (unpaired) electrons. The third-order valence-corrected chi connectivity index (χ3v) is 7.37. The largest absolute Gasteiger partial charge is 0.507 e. The van der Waals surface area contributed by atoms with Crippen molar-refractivity contribution in [1.29, 1.82) is 0 Å². The van der Waals surface area contributed by atoms with Gasteiger partial charge in [-0.1, -0.05) is 12.1 Å². The Balaban J connectivity index is 1.71. The van der Waals surface area contributed by atoms with Gasteiger partial charge in [0.05, 0.1) is 7.11 Å². The Morgan fingerprint density at radius 1 is 0.955 bits per heavy atom. The molecule has 11 nitrogen and oxygen atoms in total. The quantitative estimate of drug-likeness (QED) is 0.167. The van der Waals surface area contributed by atoms with E-state index in [1.165, 1.54) is 35.6 Å². The Bertz CT molecular complexity index is 1740. The van der Waals surface area contributed by atoms with Crippen molar-refractivity contribution < 1.29 is 38.9 Å². The minimum atomic E-state index is -1.35. The SMILES string of the molecule is COC(=O)c1nc(C(=O)O)ccc1-c1cc(O)c(-c2sccc2C)cc1C(=O)Nc1ccc(CNC(=O)OC(C)(C)C)cc1. The van der Waals surface area contributed by atoms with Crippen LogP contribution in [0.25, 0.3) is 21.6 Å². The van der Waals surface area contributed by atoms with Crippen molar-refractivity contribution in [1.82, 2.24) is 10.3 Å². The number of esters is 1. The van der Waals surface area contributed by atoms with Gasteiger partial charge in [0.25, 0.3) is 5.91 Å². The molecule has 0 atom stereocenters. The summed E-state index contributed by atoms with van der Waals surface area (Å²) < 4.78 is 10.1. The molecule has 2 aromatic carbocycles. The first-order chi connectivity index (χ1) is 20.8. The predicted molar refractivity (Wildman–Crippen MR) is 165 cm³/mol. The molecule has 0 bridgehead atoms. The molecule has 0 saturated heterocycles. The number of ether oxygens (including phenoxy) is 2. The molecule has 12 heteroatoms. The zero-order valence-corrected chi connectivity index (χ0v) is 25.5. The number of nitrogens with zero attached hydrogens (tertiary/aromatic N) is 1. The molecule has 4 rings (SSSR count). The molecule has 4 aromatic rings. The Hall–Kier alpha value is -5.23. The Morgan fingerprint density at radius 2 is 1.66 bits per heavy atom. The van der Waals surface area contributed by atoms with Gasteiger partial charge in [-0.3, -0.25) is 4.79 Å². The van der Waals surface area contributed by atoms with Crippen LogP contribution in [0.15, 0.2) is 60.0 Å². The van der Waals surface area contributed by atoms with Crippen LogP contribution in [0.4, 0.5) is 10.5 Å². The lowest BCUT2D eigenvalue weighted by atomic mass is 9.93. The molecular weight excluding hydrogens is 586 g/mol. The number of thiophene rings is 1. The summed E-state index contributed by atoms with van der Waals surface area (Å²) in [6.45, 7) is 7.40. The van der Waals surface area contributed by atoms with Crippen LogP contribution in [-0.2, 0) is 16.0 Å². The van der Waals surface area contributed by atoms with Crippen molar-refractivity contribution in [2.24, 2.45) is 0 Å². The first-order valence-corrected chi connectivity index (χ1v) is 14.3. The minimum absolute atomic E-state index is 0.0938. The predicted octanol–water partition coefficient (Wildman–Crippen LogP) is 6.25. The van der Waals surface area contributed by atoms with Crippen molar-refractivity contribution in [3.63, 3.8) is 0 Å². The summed E-state index contributed by atoms with van der Waals surface area (Å²) in [5, 5.41) is 27.9. The number of aromatic nitrogens is 1. The number of hydrogen-bond acceptors (Lipinski definition) is 9. The van der Waals surface area contributed by atoms with E-state index < -0.39 is 35.2 Å². The average molecular weight is 618 g/mol. The van der Waals surface area contributed by atoms with Crippen molar-refractivity contribution in [2.45, 2.75) is 39.8 Å². The minimum Gasteiger partial charge on any atom is -0.507 e. The maximum Gasteiger partial charge on any atom is 0.407 e. The number of rotatable bonds is 8. The number of aryl methyl sites for hydroxylation is 1. The van der Waals surface area contributed by atoms with Crippen LogP contribution in [0.5, 0.6) is 5.75 Å². The zero-order valence-electron chi connectivity index (χ0n) is 24.7. The lowest BCUT2D eigenvalue weighted by molar-refractivity contribution is 0.0521. The van der Waals surface area contributed by atoms with Gasteiger partial charge < -0.3 is 30.3 Å². The van der Waals surface area contributed by atoms with E-state index in [1.54, 1.807) is 45.0 Å². The van der Waals surface area contributed by atoms with Crippen LogP contribution in [0.1, 0.15) is 63.2 Å². The Labute approximate surface area is 257 Å². The number of carboxylic acid groups (broad SMARTS) is 1. The number of hydrogen-bond donors (Lipinski definition) is 4. The number of carbonyl (C=O) groups is 4. The molecule has 2 aromatic heterocycles. The van der Waals surface area contributed by atoms with E-state index in [9.17, 15) is 29.4 Å². The second-order valence-corrected chi connectivity index (χ2v) is 11.7. The summed E-state index contributed by atoms with van der Waals surface area (Å²) in [6, 6.07) is 14.1. The number of pyridine rings is 1. The van der Waals surface area contributed by atoms with Gasteiger partial charge in [0.15, 0.2) is 5.69 Å². The average Bonchev–Trinajstić information content (AvgIpc) is 3.40. The molecule has 2 amide bonds. The monoisotopic (exact) mass is 617 g/mol. The molecular formula is C32H31N3O8S. The summed E-state index contributed by atoms with van der Waals surface area (Å²) in [7, 11) is 1.13. The van der Waals surface area contributed by atoms with Gasteiger partial charge in [0.1, 0.15) is 17.0 Å². The number of anilines is 1. The standard InChI is InChI=1S/C32H31N3O8S/c1-17-12-13-44-27(17)23-14-22(21(15-25(23)36)20-10-11-24(29(38)39)35-26(20)30(40)42-5)28(37)34-19-8-6-18(7-9-19)16-33-31(41)43-32(2,3)4/h6-15,36H,16H2,1-5H3,(H,33,41)(H,34,37)(H,38,39).